The third-order valence-corrected chi connectivity index (χ3v) is 0.944. The van der Waals surface area contributed by atoms with Crippen molar-refractivity contribution in [3.05, 3.63) is 17.2 Å². The van der Waals surface area contributed by atoms with Crippen molar-refractivity contribution in [2.24, 2.45) is 14.3 Å². The smallest absolute Gasteiger partial charge is 0.488 e. The molecule has 13 heteroatoms. The Morgan fingerprint density at radius 3 is 0.875 bits per heavy atom. The topological polar surface area (TPSA) is 160 Å². The predicted molar refractivity (Wildman–Crippen MR) is 61.3 cm³/mol. The first kappa shape index (κ1) is 24.5. The number of nitrogens with one attached hydrogen (secondary N) is 3. The maximum atomic E-state index is 9.18. The molecule has 0 rings (SSSR count). The average molecular weight is 319 g/mol. The number of rotatable bonds is 3. The van der Waals surface area contributed by atoms with Gasteiger partial charge in [-0.15, -0.1) is 0 Å². The summed E-state index contributed by atoms with van der Waals surface area (Å²) in [4.78, 5) is 0. The van der Waals surface area contributed by atoms with Crippen molar-refractivity contribution >= 4 is 44.8 Å². The molecule has 0 amide bonds. The third kappa shape index (κ3) is 72.2. The summed E-state index contributed by atoms with van der Waals surface area (Å²) in [5.41, 5.74) is 18.3. The fraction of sp³-hybridized carbons (Fsp3) is 0. The Morgan fingerprint density at radius 2 is 0.875 bits per heavy atom. The van der Waals surface area contributed by atoms with Gasteiger partial charge in [0.05, 0.1) is 0 Å². The molecule has 0 saturated heterocycles. The molecule has 0 spiro atoms. The average Bonchev–Trinajstić information content (AvgIpc) is 2.23. The third-order valence-electron chi connectivity index (χ3n) is 0.315. The number of nitrogens with zero attached hydrogens (tertiary/aromatic N) is 3. The van der Waals surface area contributed by atoms with Gasteiger partial charge in [-0.25, -0.2) is 0 Å². The first-order chi connectivity index (χ1) is 7.24. The molecule has 0 atom stereocenters. The molecule has 0 saturated carbocycles. The summed E-state index contributed by atoms with van der Waals surface area (Å²) in [6.07, 6.45) is 2.19. The number of hydrogen-bond donors (Lipinski definition) is 0. The van der Waals surface area contributed by atoms with E-state index in [4.69, 9.17) is 17.2 Å². The van der Waals surface area contributed by atoms with Gasteiger partial charge in [-0.1, -0.05) is 19.0 Å². The Labute approximate surface area is 108 Å². The van der Waals surface area contributed by atoms with E-state index in [-0.39, 0.29) is 43.2 Å². The van der Waals surface area contributed by atoms with E-state index in [1.165, 1.54) is 0 Å². The van der Waals surface area contributed by atoms with Crippen LogP contribution in [0.5, 0.6) is 0 Å². The minimum absolute atomic E-state index is 0. The van der Waals surface area contributed by atoms with E-state index < -0.39 is 0 Å². The summed E-state index contributed by atoms with van der Waals surface area (Å²) in [7, 11) is -1.02. The second kappa shape index (κ2) is 36.8. The van der Waals surface area contributed by atoms with Crippen LogP contribution in [0.1, 0.15) is 0 Å². The summed E-state index contributed by atoms with van der Waals surface area (Å²) >= 11 is 0. The zero-order chi connectivity index (χ0) is 12.4. The second-order valence-corrected chi connectivity index (χ2v) is 2.16. The molecular weight excluding hydrogens is 313 g/mol. The minimum atomic E-state index is -0.338. The molecule has 0 bridgehead atoms. The fourth-order valence-electron chi connectivity index (χ4n) is 0.0707. The SMILES string of the molecule is [Cr+3].[NH-]C=NP=O.[NH-]C=NP=O.[NH-]C=NP=O. The molecule has 0 aliphatic heterocycles. The van der Waals surface area contributed by atoms with E-state index in [0.29, 0.717) is 0 Å². The van der Waals surface area contributed by atoms with E-state index in [1.54, 1.807) is 0 Å². The van der Waals surface area contributed by atoms with Crippen LogP contribution < -0.4 is 0 Å². The zero-order valence-electron chi connectivity index (χ0n) is 7.55. The maximum Gasteiger partial charge on any atom is 3.00 e. The summed E-state index contributed by atoms with van der Waals surface area (Å²) in [6, 6.07) is 0. The van der Waals surface area contributed by atoms with Crippen molar-refractivity contribution in [1.29, 1.82) is 0 Å². The zero-order valence-corrected chi connectivity index (χ0v) is 11.5. The Kier molecular flexibility index (Phi) is 56.2. The van der Waals surface area contributed by atoms with Crippen LogP contribution in [0.3, 0.4) is 0 Å². The molecule has 16 heavy (non-hydrogen) atoms. The normalized spacial score (nSPS) is 9.75. The van der Waals surface area contributed by atoms with E-state index in [9.17, 15) is 13.7 Å². The summed E-state index contributed by atoms with van der Waals surface area (Å²) in [5.74, 6) is 0. The van der Waals surface area contributed by atoms with Crippen LogP contribution in [0.2, 0.25) is 0 Å². The monoisotopic (exact) mass is 319 g/mol. The van der Waals surface area contributed by atoms with Gasteiger partial charge in [0.1, 0.15) is 0 Å². The van der Waals surface area contributed by atoms with Crippen LogP contribution >= 0.6 is 25.8 Å². The number of hydrogen-bond acceptors (Lipinski definition) is 3. The maximum absolute atomic E-state index is 9.18. The van der Waals surface area contributed by atoms with Crippen LogP contribution in [0.15, 0.2) is 14.3 Å². The van der Waals surface area contributed by atoms with Crippen LogP contribution in [0.25, 0.3) is 17.2 Å². The van der Waals surface area contributed by atoms with Gasteiger partial charge in [0.25, 0.3) is 0 Å². The van der Waals surface area contributed by atoms with Gasteiger partial charge in [-0.05, 0) is 0 Å². The molecule has 1 radical (unpaired) electrons. The van der Waals surface area contributed by atoms with Crippen LogP contribution in [0.4, 0.5) is 0 Å². The van der Waals surface area contributed by atoms with Crippen LogP contribution in [0, 0.1) is 0 Å². The quantitative estimate of drug-likeness (QED) is 0.440. The molecule has 9 nitrogen and oxygen atoms in total. The molecular formula is C3H6CrN6O3P3. The van der Waals surface area contributed by atoms with E-state index >= 15 is 0 Å². The molecule has 0 aromatic carbocycles. The minimum Gasteiger partial charge on any atom is -0.488 e. The Morgan fingerprint density at radius 1 is 0.688 bits per heavy atom. The molecule has 0 heterocycles. The van der Waals surface area contributed by atoms with Crippen molar-refractivity contribution in [2.75, 3.05) is 0 Å². The Hall–Kier alpha value is -0.758. The first-order valence-corrected chi connectivity index (χ1v) is 5.08. The van der Waals surface area contributed by atoms with Crippen molar-refractivity contribution in [1.82, 2.24) is 0 Å². The summed E-state index contributed by atoms with van der Waals surface area (Å²) in [5, 5.41) is 0. The predicted octanol–water partition coefficient (Wildman–Crippen LogP) is 3.82. The van der Waals surface area contributed by atoms with Crippen molar-refractivity contribution in [2.45, 2.75) is 0 Å². The molecule has 0 aliphatic rings. The fourth-order valence-corrected chi connectivity index (χ4v) is 0.212. The van der Waals surface area contributed by atoms with Crippen molar-refractivity contribution < 1.29 is 31.1 Å². The molecule has 0 unspecified atom stereocenters. The van der Waals surface area contributed by atoms with E-state index in [2.05, 4.69) is 14.3 Å². The first-order valence-electron chi connectivity index (χ1n) is 2.79. The van der Waals surface area contributed by atoms with Crippen LogP contribution in [-0.2, 0) is 31.1 Å². The van der Waals surface area contributed by atoms with Crippen molar-refractivity contribution in [3.63, 3.8) is 0 Å². The molecule has 0 aromatic rings. The van der Waals surface area contributed by atoms with Gasteiger partial charge in [-0.3, -0.25) is 13.7 Å². The molecule has 3 N–H and O–H groups in total. The molecule has 87 valence electrons. The standard InChI is InChI=1S/3CH2N2OP.Cr/c3*2-1-3-5-4;/h3*1H,(H-,2,3,4);/q3*-1;+3. The van der Waals surface area contributed by atoms with Gasteiger partial charge in [-0.2, -0.15) is 0 Å². The van der Waals surface area contributed by atoms with Crippen molar-refractivity contribution in [3.8, 4) is 0 Å². The Bertz CT molecular complexity index is 198. The van der Waals surface area contributed by atoms with Gasteiger partial charge < -0.3 is 31.5 Å². The van der Waals surface area contributed by atoms with Gasteiger partial charge >= 0.3 is 17.4 Å². The molecule has 0 aromatic heterocycles. The van der Waals surface area contributed by atoms with E-state index in [0.717, 1.165) is 19.0 Å². The molecule has 0 fully saturated rings. The summed E-state index contributed by atoms with van der Waals surface area (Å²) in [6.45, 7) is 0. The summed E-state index contributed by atoms with van der Waals surface area (Å²) < 4.78 is 36.3. The van der Waals surface area contributed by atoms with Gasteiger partial charge in [0.2, 0.25) is 0 Å². The van der Waals surface area contributed by atoms with E-state index in [1.807, 2.05) is 0 Å². The van der Waals surface area contributed by atoms with Gasteiger partial charge in [0.15, 0.2) is 25.8 Å². The molecule has 0 aliphatic carbocycles. The van der Waals surface area contributed by atoms with Crippen LogP contribution in [-0.4, -0.2) is 19.0 Å². The second-order valence-electron chi connectivity index (χ2n) is 0.979. The largest absolute Gasteiger partial charge is 3.00 e. The Balaban J connectivity index is -0.0000000655. The van der Waals surface area contributed by atoms with Gasteiger partial charge in [0, 0.05) is 0 Å².